The Kier molecular flexibility index (Phi) is 3.20. The van der Waals surface area contributed by atoms with Crippen LogP contribution in [0.25, 0.3) is 11.0 Å². The van der Waals surface area contributed by atoms with Crippen molar-refractivity contribution in [2.45, 2.75) is 6.18 Å². The summed E-state index contributed by atoms with van der Waals surface area (Å²) >= 11 is 0. The highest BCUT2D eigenvalue weighted by Gasteiger charge is 2.31. The van der Waals surface area contributed by atoms with Gasteiger partial charge in [-0.15, -0.1) is 5.10 Å². The molecule has 1 aliphatic heterocycles. The Bertz CT molecular complexity index is 1010. The maximum absolute atomic E-state index is 12.6. The molecule has 2 aromatic carbocycles. The number of aromatic amines is 1. The topological polar surface area (TPSA) is 95.1 Å². The second-order valence-electron chi connectivity index (χ2n) is 5.30. The molecule has 0 fully saturated rings. The zero-order chi connectivity index (χ0) is 17.6. The maximum Gasteiger partial charge on any atom is 0.416 e. The summed E-state index contributed by atoms with van der Waals surface area (Å²) < 4.78 is 37.7. The van der Waals surface area contributed by atoms with E-state index in [1.165, 1.54) is 12.1 Å². The number of alkyl halides is 3. The van der Waals surface area contributed by atoms with Crippen LogP contribution in [0.2, 0.25) is 0 Å². The largest absolute Gasteiger partial charge is 0.416 e. The molecule has 0 saturated carbocycles. The molecule has 3 aromatic rings. The lowest BCUT2D eigenvalue weighted by Crippen LogP contribution is -2.16. The Hall–Kier alpha value is -3.43. The van der Waals surface area contributed by atoms with Gasteiger partial charge in [0.25, 0.3) is 5.91 Å². The molecule has 0 radical (unpaired) electrons. The number of H-pyrrole nitrogens is 1. The monoisotopic (exact) mass is 346 g/mol. The minimum absolute atomic E-state index is 0.0781. The summed E-state index contributed by atoms with van der Waals surface area (Å²) in [6.45, 7) is 0. The lowest BCUT2D eigenvalue weighted by Gasteiger charge is -2.07. The molecule has 1 aromatic heterocycles. The van der Waals surface area contributed by atoms with Gasteiger partial charge in [0.05, 0.1) is 28.0 Å². The summed E-state index contributed by atoms with van der Waals surface area (Å²) in [6, 6.07) is 7.74. The summed E-state index contributed by atoms with van der Waals surface area (Å²) in [5.74, 6) is -0.440. The summed E-state index contributed by atoms with van der Waals surface area (Å²) in [5.41, 5.74) is 4.36. The third-order valence-electron chi connectivity index (χ3n) is 3.71. The number of benzene rings is 2. The first-order valence-corrected chi connectivity index (χ1v) is 7.10. The third kappa shape index (κ3) is 2.57. The van der Waals surface area contributed by atoms with Crippen molar-refractivity contribution in [2.24, 2.45) is 5.10 Å². The summed E-state index contributed by atoms with van der Waals surface area (Å²) in [6.07, 6.45) is -4.41. The average Bonchev–Trinajstić information content (AvgIpc) is 3.15. The van der Waals surface area contributed by atoms with Crippen LogP contribution >= 0.6 is 0 Å². The van der Waals surface area contributed by atoms with Crippen molar-refractivity contribution < 1.29 is 18.0 Å². The molecule has 0 saturated heterocycles. The lowest BCUT2D eigenvalue weighted by atomic mass is 10.1. The Morgan fingerprint density at radius 2 is 1.84 bits per heavy atom. The van der Waals surface area contributed by atoms with E-state index < -0.39 is 17.6 Å². The Morgan fingerprint density at radius 1 is 1.08 bits per heavy atom. The minimum atomic E-state index is -4.41. The number of anilines is 2. The van der Waals surface area contributed by atoms with E-state index in [1.54, 1.807) is 12.1 Å². The van der Waals surface area contributed by atoms with Crippen molar-refractivity contribution in [3.05, 3.63) is 47.5 Å². The van der Waals surface area contributed by atoms with Crippen LogP contribution in [0.4, 0.5) is 24.5 Å². The molecule has 126 valence electrons. The number of aromatic nitrogens is 3. The molecule has 25 heavy (non-hydrogen) atoms. The fraction of sp³-hybridized carbons (Fsp3) is 0.0667. The number of hydrazone groups is 1. The smallest absolute Gasteiger partial charge is 0.320 e. The van der Waals surface area contributed by atoms with Crippen LogP contribution in [0.15, 0.2) is 41.5 Å². The first-order chi connectivity index (χ1) is 11.9. The average molecular weight is 346 g/mol. The highest BCUT2D eigenvalue weighted by molar-refractivity contribution is 6.55. The molecular formula is C15H9F3N6O. The second kappa shape index (κ2) is 5.30. The van der Waals surface area contributed by atoms with E-state index in [2.05, 4.69) is 31.3 Å². The van der Waals surface area contributed by atoms with E-state index in [-0.39, 0.29) is 5.71 Å². The number of amides is 1. The molecule has 1 aliphatic rings. The summed E-state index contributed by atoms with van der Waals surface area (Å²) in [7, 11) is 0. The number of fused-ring (bicyclic) bond motifs is 3. The van der Waals surface area contributed by atoms with Crippen molar-refractivity contribution in [3.63, 3.8) is 0 Å². The van der Waals surface area contributed by atoms with Gasteiger partial charge < -0.3 is 5.32 Å². The van der Waals surface area contributed by atoms with Gasteiger partial charge in [-0.1, -0.05) is 5.21 Å². The van der Waals surface area contributed by atoms with Gasteiger partial charge in [0.15, 0.2) is 5.71 Å². The number of rotatable bonds is 2. The molecule has 10 heteroatoms. The van der Waals surface area contributed by atoms with Crippen LogP contribution in [0.1, 0.15) is 11.1 Å². The molecule has 0 unspecified atom stereocenters. The predicted octanol–water partition coefficient (Wildman–Crippen LogP) is 2.75. The quantitative estimate of drug-likeness (QED) is 0.622. The number of nitrogens with zero attached hydrogens (tertiary/aromatic N) is 3. The van der Waals surface area contributed by atoms with E-state index in [9.17, 15) is 18.0 Å². The molecule has 0 spiro atoms. The minimum Gasteiger partial charge on any atom is -0.320 e. The van der Waals surface area contributed by atoms with Crippen molar-refractivity contribution in [1.82, 2.24) is 15.4 Å². The van der Waals surface area contributed by atoms with E-state index in [1.807, 2.05) is 0 Å². The van der Waals surface area contributed by atoms with E-state index >= 15 is 0 Å². The van der Waals surface area contributed by atoms with Crippen molar-refractivity contribution in [2.75, 3.05) is 10.7 Å². The summed E-state index contributed by atoms with van der Waals surface area (Å²) in [5, 5.41) is 17.0. The van der Waals surface area contributed by atoms with Crippen molar-refractivity contribution in [3.8, 4) is 0 Å². The van der Waals surface area contributed by atoms with Gasteiger partial charge in [0, 0.05) is 0 Å². The molecular weight excluding hydrogens is 337 g/mol. The Morgan fingerprint density at radius 3 is 2.56 bits per heavy atom. The van der Waals surface area contributed by atoms with Gasteiger partial charge >= 0.3 is 6.18 Å². The van der Waals surface area contributed by atoms with Gasteiger partial charge in [-0.2, -0.15) is 18.3 Å². The number of carbonyl (C=O) groups is 1. The molecule has 0 bridgehead atoms. The maximum atomic E-state index is 12.6. The molecule has 1 amide bonds. The van der Waals surface area contributed by atoms with Crippen LogP contribution in [0.3, 0.4) is 0 Å². The van der Waals surface area contributed by atoms with Crippen molar-refractivity contribution >= 4 is 34.0 Å². The fourth-order valence-electron chi connectivity index (χ4n) is 2.51. The second-order valence-corrected chi connectivity index (χ2v) is 5.30. The highest BCUT2D eigenvalue weighted by atomic mass is 19.4. The van der Waals surface area contributed by atoms with Crippen LogP contribution in [-0.4, -0.2) is 27.0 Å². The first kappa shape index (κ1) is 15.1. The Balaban J connectivity index is 1.67. The highest BCUT2D eigenvalue weighted by Crippen LogP contribution is 2.31. The van der Waals surface area contributed by atoms with Gasteiger partial charge in [-0.25, -0.2) is 0 Å². The molecule has 3 N–H and O–H groups in total. The van der Waals surface area contributed by atoms with Gasteiger partial charge in [-0.3, -0.25) is 15.3 Å². The lowest BCUT2D eigenvalue weighted by molar-refractivity contribution is -0.137. The van der Waals surface area contributed by atoms with Crippen LogP contribution in [0.5, 0.6) is 0 Å². The van der Waals surface area contributed by atoms with Crippen molar-refractivity contribution in [1.29, 1.82) is 0 Å². The SMILES string of the molecule is O=C1Nc2ccc3[nH]nnc3c2/C1=N/Nc1ccc(C(F)(F)F)cc1. The number of carbonyl (C=O) groups excluding carboxylic acids is 1. The van der Waals surface area contributed by atoms with E-state index in [0.717, 1.165) is 12.1 Å². The fourth-order valence-corrected chi connectivity index (χ4v) is 2.51. The standard InChI is InChI=1S/C15H9F3N6O/c16-15(17,18)7-1-3-8(4-2-7)20-22-13-11-9(19-14(13)25)5-6-10-12(11)23-24-21-10/h1-6,20H,(H,19,22,25)(H,21,23,24). The number of halogens is 3. The van der Waals surface area contributed by atoms with Gasteiger partial charge in [0.1, 0.15) is 5.52 Å². The van der Waals surface area contributed by atoms with Crippen LogP contribution in [0, 0.1) is 0 Å². The van der Waals surface area contributed by atoms with Crippen LogP contribution < -0.4 is 10.7 Å². The zero-order valence-electron chi connectivity index (χ0n) is 12.3. The van der Waals surface area contributed by atoms with Gasteiger partial charge in [0.2, 0.25) is 0 Å². The molecule has 4 rings (SSSR count). The normalized spacial score (nSPS) is 15.5. The first-order valence-electron chi connectivity index (χ1n) is 7.10. The number of nitrogens with one attached hydrogen (secondary N) is 3. The molecule has 0 atom stereocenters. The van der Waals surface area contributed by atoms with E-state index in [0.29, 0.717) is 28.0 Å². The molecule has 2 heterocycles. The summed E-state index contributed by atoms with van der Waals surface area (Å²) in [4.78, 5) is 12.1. The predicted molar refractivity (Wildman–Crippen MR) is 84.1 cm³/mol. The van der Waals surface area contributed by atoms with E-state index in [4.69, 9.17) is 0 Å². The van der Waals surface area contributed by atoms with Crippen LogP contribution in [-0.2, 0) is 11.0 Å². The Labute approximate surface area is 137 Å². The molecule has 0 aliphatic carbocycles. The number of hydrogen-bond donors (Lipinski definition) is 3. The number of hydrogen-bond acceptors (Lipinski definition) is 5. The zero-order valence-corrected chi connectivity index (χ0v) is 12.3. The third-order valence-corrected chi connectivity index (χ3v) is 3.71. The van der Waals surface area contributed by atoms with Gasteiger partial charge in [-0.05, 0) is 36.4 Å². The molecule has 7 nitrogen and oxygen atoms in total.